The van der Waals surface area contributed by atoms with Crippen LogP contribution in [0.5, 0.6) is 0 Å². The van der Waals surface area contributed by atoms with Crippen molar-refractivity contribution in [3.8, 4) is 0 Å². The molecule has 126 valence electrons. The molecule has 0 spiro atoms. The fraction of sp³-hybridized carbons (Fsp3) is 0.0556. The first-order valence-electron chi connectivity index (χ1n) is 7.42. The third kappa shape index (κ3) is 4.54. The van der Waals surface area contributed by atoms with Crippen LogP contribution in [0.1, 0.15) is 12.5 Å². The first kappa shape index (κ1) is 16.9. The lowest BCUT2D eigenvalue weighted by atomic mass is 10.2. The van der Waals surface area contributed by atoms with Crippen LogP contribution in [0.4, 0.5) is 15.8 Å². The van der Waals surface area contributed by atoms with Crippen molar-refractivity contribution in [2.24, 2.45) is 4.99 Å². The van der Waals surface area contributed by atoms with Crippen LogP contribution in [-0.2, 0) is 9.59 Å². The van der Waals surface area contributed by atoms with Gasteiger partial charge in [0.1, 0.15) is 5.82 Å². The Labute approximate surface area is 148 Å². The first-order chi connectivity index (χ1) is 12.0. The van der Waals surface area contributed by atoms with Crippen molar-refractivity contribution in [1.82, 2.24) is 5.32 Å². The Kier molecular flexibility index (Phi) is 4.95. The summed E-state index contributed by atoms with van der Waals surface area (Å²) in [4.78, 5) is 27.9. The number of hydrogen-bond acceptors (Lipinski definition) is 4. The van der Waals surface area contributed by atoms with E-state index in [4.69, 9.17) is 0 Å². The predicted octanol–water partition coefficient (Wildman–Crippen LogP) is 3.68. The van der Waals surface area contributed by atoms with E-state index < -0.39 is 0 Å². The number of aliphatic imine (C=N–C) groups is 1. The number of rotatable bonds is 3. The minimum absolute atomic E-state index is 0.145. The van der Waals surface area contributed by atoms with Gasteiger partial charge in [-0.05, 0) is 59.8 Å². The van der Waals surface area contributed by atoms with Gasteiger partial charge in [0.15, 0.2) is 5.17 Å². The Bertz CT molecular complexity index is 874. The molecule has 2 aromatic rings. The number of amidine groups is 1. The van der Waals surface area contributed by atoms with E-state index in [0.29, 0.717) is 21.4 Å². The number of anilines is 1. The minimum Gasteiger partial charge on any atom is -0.326 e. The van der Waals surface area contributed by atoms with Crippen LogP contribution in [0, 0.1) is 5.82 Å². The summed E-state index contributed by atoms with van der Waals surface area (Å²) >= 11 is 1.21. The Morgan fingerprint density at radius 1 is 1.16 bits per heavy atom. The summed E-state index contributed by atoms with van der Waals surface area (Å²) in [5.74, 6) is -0.716. The standard InChI is InChI=1S/C18H14FN3O2S/c1-11(23)20-14-6-8-15(9-7-14)21-18-22-17(24)16(25-18)10-12-2-4-13(19)5-3-12/h2-10H,1H3,(H,20,23)(H,21,22,24). The van der Waals surface area contributed by atoms with Gasteiger partial charge in [-0.1, -0.05) is 12.1 Å². The van der Waals surface area contributed by atoms with Gasteiger partial charge in [-0.2, -0.15) is 0 Å². The molecule has 2 aromatic carbocycles. The van der Waals surface area contributed by atoms with E-state index in [0.717, 1.165) is 5.56 Å². The fourth-order valence-electron chi connectivity index (χ4n) is 2.13. The average Bonchev–Trinajstić information content (AvgIpc) is 2.90. The number of thioether (sulfide) groups is 1. The maximum absolute atomic E-state index is 12.9. The topological polar surface area (TPSA) is 70.6 Å². The highest BCUT2D eigenvalue weighted by molar-refractivity contribution is 8.18. The van der Waals surface area contributed by atoms with Crippen LogP contribution in [-0.4, -0.2) is 17.0 Å². The molecule has 1 aliphatic rings. The van der Waals surface area contributed by atoms with Crippen LogP contribution < -0.4 is 10.6 Å². The summed E-state index contributed by atoms with van der Waals surface area (Å²) in [6.07, 6.45) is 1.68. The maximum atomic E-state index is 12.9. The number of carbonyl (C=O) groups is 2. The Morgan fingerprint density at radius 3 is 2.48 bits per heavy atom. The molecule has 0 aromatic heterocycles. The maximum Gasteiger partial charge on any atom is 0.264 e. The zero-order valence-corrected chi connectivity index (χ0v) is 14.1. The second kappa shape index (κ2) is 7.31. The van der Waals surface area contributed by atoms with E-state index in [1.165, 1.54) is 30.8 Å². The molecule has 0 aliphatic carbocycles. The molecule has 1 saturated heterocycles. The van der Waals surface area contributed by atoms with Crippen molar-refractivity contribution in [3.05, 3.63) is 64.8 Å². The third-order valence-corrected chi connectivity index (χ3v) is 4.15. The molecular weight excluding hydrogens is 341 g/mol. The number of carbonyl (C=O) groups excluding carboxylic acids is 2. The van der Waals surface area contributed by atoms with Gasteiger partial charge < -0.3 is 10.6 Å². The van der Waals surface area contributed by atoms with Gasteiger partial charge in [-0.15, -0.1) is 0 Å². The molecule has 7 heteroatoms. The van der Waals surface area contributed by atoms with E-state index in [2.05, 4.69) is 15.6 Å². The Hall–Kier alpha value is -2.93. The van der Waals surface area contributed by atoms with E-state index in [1.807, 2.05) is 0 Å². The SMILES string of the molecule is CC(=O)Nc1ccc(N=C2NC(=O)C(=Cc3ccc(F)cc3)S2)cc1. The zero-order valence-electron chi connectivity index (χ0n) is 13.2. The molecule has 2 amide bonds. The molecule has 0 radical (unpaired) electrons. The minimum atomic E-state index is -0.323. The van der Waals surface area contributed by atoms with Crippen molar-refractivity contribution in [2.75, 3.05) is 5.32 Å². The van der Waals surface area contributed by atoms with Crippen LogP contribution in [0.2, 0.25) is 0 Å². The number of nitrogens with one attached hydrogen (secondary N) is 2. The van der Waals surface area contributed by atoms with Crippen molar-refractivity contribution >= 4 is 46.2 Å². The molecule has 1 heterocycles. The van der Waals surface area contributed by atoms with Crippen molar-refractivity contribution < 1.29 is 14.0 Å². The van der Waals surface area contributed by atoms with Crippen molar-refractivity contribution in [2.45, 2.75) is 6.92 Å². The predicted molar refractivity (Wildman–Crippen MR) is 98.0 cm³/mol. The second-order valence-corrected chi connectivity index (χ2v) is 6.29. The molecule has 25 heavy (non-hydrogen) atoms. The molecule has 1 fully saturated rings. The van der Waals surface area contributed by atoms with Gasteiger partial charge >= 0.3 is 0 Å². The highest BCUT2D eigenvalue weighted by atomic mass is 32.2. The van der Waals surface area contributed by atoms with Crippen LogP contribution in [0.3, 0.4) is 0 Å². The Morgan fingerprint density at radius 2 is 1.84 bits per heavy atom. The smallest absolute Gasteiger partial charge is 0.264 e. The molecule has 0 bridgehead atoms. The summed E-state index contributed by atoms with van der Waals surface area (Å²) in [5, 5.41) is 5.83. The molecular formula is C18H14FN3O2S. The molecule has 5 nitrogen and oxygen atoms in total. The van der Waals surface area contributed by atoms with Crippen LogP contribution in [0.15, 0.2) is 58.4 Å². The monoisotopic (exact) mass is 355 g/mol. The van der Waals surface area contributed by atoms with Crippen molar-refractivity contribution in [1.29, 1.82) is 0 Å². The fourth-order valence-corrected chi connectivity index (χ4v) is 2.97. The lowest BCUT2D eigenvalue weighted by Crippen LogP contribution is -2.19. The van der Waals surface area contributed by atoms with Gasteiger partial charge in [-0.3, -0.25) is 9.59 Å². The molecule has 2 N–H and O–H groups in total. The van der Waals surface area contributed by atoms with Crippen LogP contribution >= 0.6 is 11.8 Å². The van der Waals surface area contributed by atoms with Crippen LogP contribution in [0.25, 0.3) is 6.08 Å². The highest BCUT2D eigenvalue weighted by Crippen LogP contribution is 2.28. The number of nitrogens with zero attached hydrogens (tertiary/aromatic N) is 1. The molecule has 0 atom stereocenters. The number of hydrogen-bond donors (Lipinski definition) is 2. The molecule has 0 unspecified atom stereocenters. The van der Waals surface area contributed by atoms with Gasteiger partial charge in [0, 0.05) is 12.6 Å². The number of halogens is 1. The summed E-state index contributed by atoms with van der Waals surface area (Å²) in [6, 6.07) is 12.8. The summed E-state index contributed by atoms with van der Waals surface area (Å²) in [5.41, 5.74) is 2.07. The largest absolute Gasteiger partial charge is 0.326 e. The molecule has 3 rings (SSSR count). The highest BCUT2D eigenvalue weighted by Gasteiger charge is 2.23. The lowest BCUT2D eigenvalue weighted by Gasteiger charge is -2.02. The third-order valence-electron chi connectivity index (χ3n) is 3.24. The van der Waals surface area contributed by atoms with Gasteiger partial charge in [0.25, 0.3) is 5.91 Å². The summed E-state index contributed by atoms with van der Waals surface area (Å²) < 4.78 is 12.9. The van der Waals surface area contributed by atoms with Gasteiger partial charge in [0.2, 0.25) is 5.91 Å². The lowest BCUT2D eigenvalue weighted by molar-refractivity contribution is -0.115. The van der Waals surface area contributed by atoms with E-state index in [9.17, 15) is 14.0 Å². The Balaban J connectivity index is 1.74. The quantitative estimate of drug-likeness (QED) is 0.825. The molecule has 1 aliphatic heterocycles. The van der Waals surface area contributed by atoms with E-state index in [-0.39, 0.29) is 17.6 Å². The second-order valence-electron chi connectivity index (χ2n) is 5.26. The zero-order chi connectivity index (χ0) is 17.8. The normalized spacial score (nSPS) is 17.0. The van der Waals surface area contributed by atoms with Gasteiger partial charge in [0.05, 0.1) is 10.6 Å². The summed E-state index contributed by atoms with van der Waals surface area (Å²) in [7, 11) is 0. The summed E-state index contributed by atoms with van der Waals surface area (Å²) in [6.45, 7) is 1.44. The molecule has 0 saturated carbocycles. The average molecular weight is 355 g/mol. The van der Waals surface area contributed by atoms with E-state index in [1.54, 1.807) is 42.5 Å². The van der Waals surface area contributed by atoms with Crippen molar-refractivity contribution in [3.63, 3.8) is 0 Å². The number of amides is 2. The first-order valence-corrected chi connectivity index (χ1v) is 8.24. The van der Waals surface area contributed by atoms with E-state index >= 15 is 0 Å². The number of benzene rings is 2. The van der Waals surface area contributed by atoms with Gasteiger partial charge in [-0.25, -0.2) is 9.38 Å².